The molecule has 0 atom stereocenters. The van der Waals surface area contributed by atoms with Crippen molar-refractivity contribution >= 4 is 53.6 Å². The highest BCUT2D eigenvalue weighted by atomic mass is 32.1. The summed E-state index contributed by atoms with van der Waals surface area (Å²) in [5.41, 5.74) is 2.68. The second-order valence-corrected chi connectivity index (χ2v) is 9.17. The van der Waals surface area contributed by atoms with E-state index in [0.717, 1.165) is 0 Å². The minimum Gasteiger partial charge on any atom is -0.135 e. The third kappa shape index (κ3) is 2.50. The predicted molar refractivity (Wildman–Crippen MR) is 126 cm³/mol. The van der Waals surface area contributed by atoms with Crippen molar-refractivity contribution in [3.63, 3.8) is 0 Å². The number of benzene rings is 4. The Kier molecular flexibility index (Phi) is 3.61. The van der Waals surface area contributed by atoms with Gasteiger partial charge in [0.1, 0.15) is 0 Å². The van der Waals surface area contributed by atoms with Gasteiger partial charge in [0, 0.05) is 30.3 Å². The van der Waals surface area contributed by atoms with Crippen molar-refractivity contribution < 1.29 is 0 Å². The van der Waals surface area contributed by atoms with Crippen LogP contribution in [0, 0.1) is 0 Å². The molecule has 0 fully saturated rings. The van der Waals surface area contributed by atoms with Gasteiger partial charge < -0.3 is 0 Å². The molecule has 0 unspecified atom stereocenters. The molecule has 4 aromatic carbocycles. The Morgan fingerprint density at radius 1 is 0.464 bits per heavy atom. The fourth-order valence-electron chi connectivity index (χ4n) is 3.96. The molecule has 0 saturated carbocycles. The Labute approximate surface area is 171 Å². The van der Waals surface area contributed by atoms with Crippen LogP contribution >= 0.6 is 22.7 Å². The van der Waals surface area contributed by atoms with E-state index in [9.17, 15) is 0 Å². The summed E-state index contributed by atoms with van der Waals surface area (Å²) in [7, 11) is 0. The molecule has 0 N–H and O–H groups in total. The van der Waals surface area contributed by atoms with Crippen LogP contribution in [-0.2, 0) is 0 Å². The molecule has 132 valence electrons. The van der Waals surface area contributed by atoms with E-state index < -0.39 is 0 Å². The number of fused-ring (bicyclic) bond motifs is 3. The Hall–Kier alpha value is -2.94. The largest absolute Gasteiger partial charge is 0.135 e. The fraction of sp³-hybridized carbons (Fsp3) is 0. The van der Waals surface area contributed by atoms with Gasteiger partial charge in [-0.1, -0.05) is 72.8 Å². The minimum atomic E-state index is 1.29. The first kappa shape index (κ1) is 16.1. The second kappa shape index (κ2) is 6.30. The third-order valence-corrected chi connectivity index (χ3v) is 7.57. The normalized spacial score (nSPS) is 11.6. The van der Waals surface area contributed by atoms with Gasteiger partial charge >= 0.3 is 0 Å². The molecule has 0 aliphatic carbocycles. The van der Waals surface area contributed by atoms with Crippen LogP contribution in [0.1, 0.15) is 0 Å². The summed E-state index contributed by atoms with van der Waals surface area (Å²) in [4.78, 5) is 2.67. The quantitative estimate of drug-likeness (QED) is 0.277. The van der Waals surface area contributed by atoms with Crippen LogP contribution in [0.4, 0.5) is 0 Å². The zero-order chi connectivity index (χ0) is 18.5. The summed E-state index contributed by atoms with van der Waals surface area (Å²) < 4.78 is 2.68. The smallest absolute Gasteiger partial charge is 0.0368 e. The maximum absolute atomic E-state index is 2.35. The van der Waals surface area contributed by atoms with Crippen LogP contribution in [-0.4, -0.2) is 0 Å². The first-order valence-corrected chi connectivity index (χ1v) is 11.0. The van der Waals surface area contributed by atoms with Gasteiger partial charge in [-0.3, -0.25) is 0 Å². The van der Waals surface area contributed by atoms with E-state index in [2.05, 4.69) is 97.1 Å². The topological polar surface area (TPSA) is 0 Å². The monoisotopic (exact) mass is 392 g/mol. The van der Waals surface area contributed by atoms with E-state index in [1.165, 1.54) is 51.8 Å². The van der Waals surface area contributed by atoms with E-state index in [1.807, 2.05) is 22.7 Å². The van der Waals surface area contributed by atoms with Crippen LogP contribution in [0.5, 0.6) is 0 Å². The van der Waals surface area contributed by atoms with E-state index in [-0.39, 0.29) is 0 Å². The van der Waals surface area contributed by atoms with Crippen molar-refractivity contribution in [2.75, 3.05) is 0 Å². The minimum absolute atomic E-state index is 1.29. The Morgan fingerprint density at radius 2 is 1.04 bits per heavy atom. The predicted octanol–water partition coefficient (Wildman–Crippen LogP) is 8.60. The van der Waals surface area contributed by atoms with E-state index in [1.54, 1.807) is 0 Å². The molecule has 0 nitrogen and oxygen atoms in total. The van der Waals surface area contributed by atoms with Crippen LogP contribution in [0.15, 0.2) is 97.1 Å². The van der Waals surface area contributed by atoms with Gasteiger partial charge in [-0.15, -0.1) is 22.7 Å². The lowest BCUT2D eigenvalue weighted by molar-refractivity contribution is 1.73. The van der Waals surface area contributed by atoms with Gasteiger partial charge in [-0.05, 0) is 45.8 Å². The summed E-state index contributed by atoms with van der Waals surface area (Å²) in [6.45, 7) is 0. The molecule has 0 radical (unpaired) electrons. The average Bonchev–Trinajstić information content (AvgIpc) is 3.36. The van der Waals surface area contributed by atoms with Crippen LogP contribution < -0.4 is 0 Å². The average molecular weight is 393 g/mol. The number of rotatable bonds is 2. The van der Waals surface area contributed by atoms with Crippen LogP contribution in [0.2, 0.25) is 0 Å². The summed E-state index contributed by atoms with van der Waals surface area (Å²) in [6.07, 6.45) is 0. The van der Waals surface area contributed by atoms with E-state index in [4.69, 9.17) is 0 Å². The summed E-state index contributed by atoms with van der Waals surface area (Å²) >= 11 is 3.76. The highest BCUT2D eigenvalue weighted by molar-refractivity contribution is 7.23. The lowest BCUT2D eigenvalue weighted by atomic mass is 9.96. The van der Waals surface area contributed by atoms with Crippen molar-refractivity contribution in [1.82, 2.24) is 0 Å². The molecule has 0 saturated heterocycles. The molecular weight excluding hydrogens is 376 g/mol. The molecular formula is C26H16S2. The second-order valence-electron chi connectivity index (χ2n) is 7.01. The maximum atomic E-state index is 2.35. The Balaban J connectivity index is 1.70. The number of hydrogen-bond acceptors (Lipinski definition) is 2. The molecule has 2 heterocycles. The van der Waals surface area contributed by atoms with Gasteiger partial charge in [0.05, 0.1) is 0 Å². The van der Waals surface area contributed by atoms with Crippen molar-refractivity contribution in [1.29, 1.82) is 0 Å². The first-order valence-electron chi connectivity index (χ1n) is 9.36. The zero-order valence-electron chi connectivity index (χ0n) is 15.1. The molecule has 28 heavy (non-hydrogen) atoms. The molecule has 2 aromatic heterocycles. The molecule has 0 spiro atoms. The van der Waals surface area contributed by atoms with E-state index in [0.29, 0.717) is 0 Å². The zero-order valence-corrected chi connectivity index (χ0v) is 16.7. The van der Waals surface area contributed by atoms with Crippen LogP contribution in [0.25, 0.3) is 51.8 Å². The highest BCUT2D eigenvalue weighted by Crippen LogP contribution is 2.45. The summed E-state index contributed by atoms with van der Waals surface area (Å²) in [6, 6.07) is 35.3. The fourth-order valence-corrected chi connectivity index (χ4v) is 6.19. The first-order chi connectivity index (χ1) is 13.9. The lowest BCUT2D eigenvalue weighted by Gasteiger charge is -2.11. The van der Waals surface area contributed by atoms with Gasteiger partial charge in [0.15, 0.2) is 0 Å². The van der Waals surface area contributed by atoms with Crippen molar-refractivity contribution in [2.45, 2.75) is 0 Å². The Morgan fingerprint density at radius 3 is 1.75 bits per heavy atom. The van der Waals surface area contributed by atoms with Crippen molar-refractivity contribution in [3.8, 4) is 20.9 Å². The third-order valence-electron chi connectivity index (χ3n) is 5.29. The van der Waals surface area contributed by atoms with Gasteiger partial charge in [-0.25, -0.2) is 0 Å². The molecule has 6 aromatic rings. The van der Waals surface area contributed by atoms with Crippen LogP contribution in [0.3, 0.4) is 0 Å². The van der Waals surface area contributed by atoms with Crippen molar-refractivity contribution in [2.24, 2.45) is 0 Å². The van der Waals surface area contributed by atoms with Gasteiger partial charge in [-0.2, -0.15) is 0 Å². The summed E-state index contributed by atoms with van der Waals surface area (Å²) in [5, 5.41) is 5.25. The Bertz CT molecular complexity index is 1400. The SMILES string of the molecule is c1ccc2sc(-c3ccc4ccccc4c3-c3cc4ccccc4s3)cc2c1. The number of thiophene rings is 2. The summed E-state index contributed by atoms with van der Waals surface area (Å²) in [5.74, 6) is 0. The molecule has 6 rings (SSSR count). The van der Waals surface area contributed by atoms with Crippen molar-refractivity contribution in [3.05, 3.63) is 97.1 Å². The maximum Gasteiger partial charge on any atom is 0.0368 e. The molecule has 2 heteroatoms. The lowest BCUT2D eigenvalue weighted by Crippen LogP contribution is -1.84. The molecule has 0 aliphatic heterocycles. The molecule has 0 bridgehead atoms. The standard InChI is InChI=1S/C26H16S2/c1-4-10-20-17(7-1)13-14-21(24-15-18-8-2-5-11-22(18)27-24)26(20)25-16-19-9-3-6-12-23(19)28-25/h1-16H. The number of hydrogen-bond donors (Lipinski definition) is 0. The molecule has 0 amide bonds. The molecule has 0 aliphatic rings. The van der Waals surface area contributed by atoms with E-state index >= 15 is 0 Å². The highest BCUT2D eigenvalue weighted by Gasteiger charge is 2.16. The van der Waals surface area contributed by atoms with Gasteiger partial charge in [0.25, 0.3) is 0 Å². The van der Waals surface area contributed by atoms with Gasteiger partial charge in [0.2, 0.25) is 0 Å².